The normalized spacial score (nSPS) is 22.5. The summed E-state index contributed by atoms with van der Waals surface area (Å²) in [4.78, 5) is 35.5. The summed E-state index contributed by atoms with van der Waals surface area (Å²) in [6, 6.07) is 0. The van der Waals surface area contributed by atoms with Gasteiger partial charge in [-0.3, -0.25) is 4.79 Å². The Labute approximate surface area is 140 Å². The molecule has 0 N–H and O–H groups in total. The number of esters is 3. The lowest BCUT2D eigenvalue weighted by molar-refractivity contribution is -0.152. The molecule has 2 unspecified atom stereocenters. The third-order valence-electron chi connectivity index (χ3n) is 3.90. The Balaban J connectivity index is 1.89. The molecule has 7 nitrogen and oxygen atoms in total. The number of rotatable bonds is 8. The summed E-state index contributed by atoms with van der Waals surface area (Å²) < 4.78 is 20.1. The van der Waals surface area contributed by atoms with Gasteiger partial charge >= 0.3 is 17.9 Å². The van der Waals surface area contributed by atoms with Crippen molar-refractivity contribution in [3.05, 3.63) is 23.8 Å². The summed E-state index contributed by atoms with van der Waals surface area (Å²) in [7, 11) is 0. The zero-order valence-electron chi connectivity index (χ0n) is 13.7. The molecule has 0 aromatic carbocycles. The molecule has 0 aromatic rings. The smallest absolute Gasteiger partial charge is 0.334 e. The van der Waals surface area contributed by atoms with E-state index in [1.807, 2.05) is 6.92 Å². The molecular weight excluding hydrogens is 316 g/mol. The molecule has 1 heterocycles. The zero-order valence-corrected chi connectivity index (χ0v) is 13.7. The highest BCUT2D eigenvalue weighted by atomic mass is 16.6. The van der Waals surface area contributed by atoms with Gasteiger partial charge in [-0.05, 0) is 26.2 Å². The maximum Gasteiger partial charge on any atom is 0.334 e. The molecule has 1 saturated heterocycles. The highest BCUT2D eigenvalue weighted by Gasteiger charge is 2.35. The van der Waals surface area contributed by atoms with Crippen molar-refractivity contribution in [3.63, 3.8) is 0 Å². The van der Waals surface area contributed by atoms with Gasteiger partial charge in [-0.2, -0.15) is 0 Å². The molecule has 0 aromatic heterocycles. The molecule has 7 heteroatoms. The number of hydrogen-bond donors (Lipinski definition) is 0. The largest absolute Gasteiger partial charge is 0.462 e. The van der Waals surface area contributed by atoms with Crippen LogP contribution in [-0.4, -0.2) is 50.4 Å². The Bertz CT molecular complexity index is 545. The van der Waals surface area contributed by atoms with Gasteiger partial charge < -0.3 is 18.9 Å². The van der Waals surface area contributed by atoms with E-state index in [-0.39, 0.29) is 25.9 Å². The summed E-state index contributed by atoms with van der Waals surface area (Å²) in [5.41, 5.74) is 1.19. The SMILES string of the molecule is C=CC(=O)OCCOC(=O)C1=C(C)CCCC1C(=O)OCC1CO1. The van der Waals surface area contributed by atoms with Crippen LogP contribution in [0.15, 0.2) is 23.8 Å². The van der Waals surface area contributed by atoms with Gasteiger partial charge in [0.15, 0.2) is 0 Å². The van der Waals surface area contributed by atoms with E-state index in [0.29, 0.717) is 18.6 Å². The van der Waals surface area contributed by atoms with Crippen LogP contribution in [-0.2, 0) is 33.3 Å². The Kier molecular flexibility index (Phi) is 6.54. The van der Waals surface area contributed by atoms with Crippen molar-refractivity contribution < 1.29 is 33.3 Å². The van der Waals surface area contributed by atoms with Gasteiger partial charge in [0, 0.05) is 6.08 Å². The van der Waals surface area contributed by atoms with Crippen LogP contribution in [0.1, 0.15) is 26.2 Å². The first-order valence-corrected chi connectivity index (χ1v) is 7.97. The number of carbonyl (C=O) groups excluding carboxylic acids is 3. The lowest BCUT2D eigenvalue weighted by Gasteiger charge is -2.24. The molecule has 0 saturated carbocycles. The van der Waals surface area contributed by atoms with Crippen molar-refractivity contribution in [2.75, 3.05) is 26.4 Å². The van der Waals surface area contributed by atoms with Gasteiger partial charge in [0.05, 0.1) is 18.1 Å². The molecule has 1 aliphatic heterocycles. The van der Waals surface area contributed by atoms with Crippen LogP contribution in [0.25, 0.3) is 0 Å². The fourth-order valence-corrected chi connectivity index (χ4v) is 2.55. The van der Waals surface area contributed by atoms with Gasteiger partial charge in [-0.1, -0.05) is 12.2 Å². The minimum atomic E-state index is -0.610. The first-order valence-electron chi connectivity index (χ1n) is 7.97. The Morgan fingerprint density at radius 1 is 1.25 bits per heavy atom. The van der Waals surface area contributed by atoms with E-state index in [1.54, 1.807) is 0 Å². The Morgan fingerprint density at radius 3 is 2.62 bits per heavy atom. The summed E-state index contributed by atoms with van der Waals surface area (Å²) in [5, 5.41) is 0. The molecule has 24 heavy (non-hydrogen) atoms. The maximum absolute atomic E-state index is 12.3. The van der Waals surface area contributed by atoms with Gasteiger partial charge in [-0.25, -0.2) is 9.59 Å². The molecule has 2 atom stereocenters. The first kappa shape index (κ1) is 18.2. The predicted molar refractivity (Wildman–Crippen MR) is 82.9 cm³/mol. The molecule has 2 aliphatic rings. The third kappa shape index (κ3) is 5.19. The number of allylic oxidation sites excluding steroid dienone is 1. The van der Waals surface area contributed by atoms with E-state index < -0.39 is 23.8 Å². The van der Waals surface area contributed by atoms with E-state index in [4.69, 9.17) is 18.9 Å². The Hall–Kier alpha value is -2.15. The van der Waals surface area contributed by atoms with Crippen LogP contribution in [0.4, 0.5) is 0 Å². The van der Waals surface area contributed by atoms with Crippen LogP contribution in [0.5, 0.6) is 0 Å². The van der Waals surface area contributed by atoms with E-state index >= 15 is 0 Å². The second-order valence-electron chi connectivity index (χ2n) is 5.73. The molecule has 0 radical (unpaired) electrons. The molecular formula is C17H22O7. The molecule has 1 fully saturated rings. The average Bonchev–Trinajstić information content (AvgIpc) is 3.40. The second-order valence-corrected chi connectivity index (χ2v) is 5.73. The molecule has 0 spiro atoms. The highest BCUT2D eigenvalue weighted by molar-refractivity contribution is 5.96. The van der Waals surface area contributed by atoms with Crippen molar-refractivity contribution in [1.29, 1.82) is 0 Å². The molecule has 0 amide bonds. The van der Waals surface area contributed by atoms with Gasteiger partial charge in [0.1, 0.15) is 25.9 Å². The van der Waals surface area contributed by atoms with Crippen LogP contribution >= 0.6 is 0 Å². The third-order valence-corrected chi connectivity index (χ3v) is 3.90. The van der Waals surface area contributed by atoms with Crippen molar-refractivity contribution in [1.82, 2.24) is 0 Å². The fourth-order valence-electron chi connectivity index (χ4n) is 2.55. The van der Waals surface area contributed by atoms with Crippen molar-refractivity contribution in [2.24, 2.45) is 5.92 Å². The van der Waals surface area contributed by atoms with Crippen molar-refractivity contribution in [3.8, 4) is 0 Å². The average molecular weight is 338 g/mol. The van der Waals surface area contributed by atoms with Crippen LogP contribution in [0.3, 0.4) is 0 Å². The standard InChI is InChI=1S/C17H22O7/c1-3-14(18)21-7-8-22-17(20)15-11(2)5-4-6-13(15)16(19)24-10-12-9-23-12/h3,12-13H,1,4-10H2,2H3. The molecule has 132 valence electrons. The van der Waals surface area contributed by atoms with Gasteiger partial charge in [0.2, 0.25) is 0 Å². The van der Waals surface area contributed by atoms with E-state index in [0.717, 1.165) is 24.5 Å². The predicted octanol–water partition coefficient (Wildman–Crippen LogP) is 1.32. The summed E-state index contributed by atoms with van der Waals surface area (Å²) >= 11 is 0. The molecule has 0 bridgehead atoms. The summed E-state index contributed by atoms with van der Waals surface area (Å²) in [6.45, 7) is 5.77. The molecule has 2 rings (SSSR count). The van der Waals surface area contributed by atoms with Crippen LogP contribution in [0, 0.1) is 5.92 Å². The number of epoxide rings is 1. The minimum Gasteiger partial charge on any atom is -0.462 e. The summed E-state index contributed by atoms with van der Waals surface area (Å²) in [6.07, 6.45) is 3.13. The fraction of sp³-hybridized carbons (Fsp3) is 0.588. The first-order chi connectivity index (χ1) is 11.5. The topological polar surface area (TPSA) is 91.4 Å². The number of ether oxygens (including phenoxy) is 4. The zero-order chi connectivity index (χ0) is 17.5. The van der Waals surface area contributed by atoms with E-state index in [1.165, 1.54) is 0 Å². The second kappa shape index (κ2) is 8.63. The van der Waals surface area contributed by atoms with Crippen LogP contribution in [0.2, 0.25) is 0 Å². The maximum atomic E-state index is 12.3. The Morgan fingerprint density at radius 2 is 1.96 bits per heavy atom. The highest BCUT2D eigenvalue weighted by Crippen LogP contribution is 2.32. The lowest BCUT2D eigenvalue weighted by Crippen LogP contribution is -2.30. The quantitative estimate of drug-likeness (QED) is 0.217. The minimum absolute atomic E-state index is 0.0161. The number of hydrogen-bond acceptors (Lipinski definition) is 7. The number of carbonyl (C=O) groups is 3. The van der Waals surface area contributed by atoms with E-state index in [2.05, 4.69) is 6.58 Å². The van der Waals surface area contributed by atoms with Gasteiger partial charge in [0.25, 0.3) is 0 Å². The van der Waals surface area contributed by atoms with Crippen LogP contribution < -0.4 is 0 Å². The monoisotopic (exact) mass is 338 g/mol. The summed E-state index contributed by atoms with van der Waals surface area (Å²) in [5.74, 6) is -2.18. The van der Waals surface area contributed by atoms with Gasteiger partial charge in [-0.15, -0.1) is 0 Å². The van der Waals surface area contributed by atoms with Crippen molar-refractivity contribution >= 4 is 17.9 Å². The molecule has 1 aliphatic carbocycles. The van der Waals surface area contributed by atoms with E-state index in [9.17, 15) is 14.4 Å². The lowest BCUT2D eigenvalue weighted by atomic mass is 9.83. The van der Waals surface area contributed by atoms with Crippen molar-refractivity contribution in [2.45, 2.75) is 32.3 Å².